The summed E-state index contributed by atoms with van der Waals surface area (Å²) in [7, 11) is 1.55. The molecule has 0 aromatic heterocycles. The predicted molar refractivity (Wildman–Crippen MR) is 51.5 cm³/mol. The summed E-state index contributed by atoms with van der Waals surface area (Å²) >= 11 is 0. The van der Waals surface area contributed by atoms with Crippen LogP contribution >= 0.6 is 0 Å². The molecular weight excluding hydrogens is 180 g/mol. The summed E-state index contributed by atoms with van der Waals surface area (Å²) in [4.78, 5) is 23.8. The summed E-state index contributed by atoms with van der Waals surface area (Å²) in [5, 5.41) is 3.15. The number of hydrogen-bond acceptors (Lipinski definition) is 3. The molecule has 4 nitrogen and oxygen atoms in total. The Bertz CT molecular complexity index is 261. The quantitative estimate of drug-likeness (QED) is 0.650. The monoisotopic (exact) mass is 196 g/mol. The van der Waals surface area contributed by atoms with Gasteiger partial charge in [0.05, 0.1) is 12.5 Å². The molecule has 1 saturated carbocycles. The Morgan fingerprint density at radius 2 is 2.14 bits per heavy atom. The average Bonchev–Trinajstić information content (AvgIpc) is 2.93. The van der Waals surface area contributed by atoms with Crippen LogP contribution in [0.2, 0.25) is 0 Å². The predicted octanol–water partition coefficient (Wildman–Crippen LogP) is 0.133. The first kappa shape index (κ1) is 9.65. The van der Waals surface area contributed by atoms with Gasteiger partial charge in [-0.1, -0.05) is 12.8 Å². The number of carbonyl (C=O) groups excluding carboxylic acids is 2. The first-order chi connectivity index (χ1) is 6.68. The van der Waals surface area contributed by atoms with Crippen molar-refractivity contribution in [1.29, 1.82) is 0 Å². The van der Waals surface area contributed by atoms with E-state index in [1.165, 1.54) is 17.7 Å². The SMILES string of the molecule is CN1C(=O)CC(NCCC2CC2)C1=O. The van der Waals surface area contributed by atoms with E-state index < -0.39 is 0 Å². The molecule has 0 aromatic carbocycles. The Labute approximate surface area is 83.6 Å². The van der Waals surface area contributed by atoms with Crippen molar-refractivity contribution in [3.05, 3.63) is 0 Å². The minimum Gasteiger partial charge on any atom is -0.305 e. The Balaban J connectivity index is 1.74. The van der Waals surface area contributed by atoms with Crippen molar-refractivity contribution in [2.24, 2.45) is 5.92 Å². The minimum atomic E-state index is -0.258. The van der Waals surface area contributed by atoms with Gasteiger partial charge in [-0.2, -0.15) is 0 Å². The number of imide groups is 1. The lowest BCUT2D eigenvalue weighted by Gasteiger charge is -2.10. The Kier molecular flexibility index (Phi) is 2.54. The lowest BCUT2D eigenvalue weighted by atomic mass is 10.2. The van der Waals surface area contributed by atoms with Crippen molar-refractivity contribution < 1.29 is 9.59 Å². The largest absolute Gasteiger partial charge is 0.305 e. The summed E-state index contributed by atoms with van der Waals surface area (Å²) in [6, 6.07) is -0.258. The maximum atomic E-state index is 11.4. The van der Waals surface area contributed by atoms with Gasteiger partial charge in [0.15, 0.2) is 0 Å². The first-order valence-electron chi connectivity index (χ1n) is 5.22. The molecule has 1 heterocycles. The third kappa shape index (κ3) is 1.95. The Morgan fingerprint density at radius 3 is 2.64 bits per heavy atom. The number of likely N-dealkylation sites (tertiary alicyclic amines) is 1. The summed E-state index contributed by atoms with van der Waals surface area (Å²) in [5.74, 6) is 0.720. The molecule has 0 radical (unpaired) electrons. The summed E-state index contributed by atoms with van der Waals surface area (Å²) in [5.41, 5.74) is 0. The topological polar surface area (TPSA) is 49.4 Å². The molecule has 2 fully saturated rings. The standard InChI is InChI=1S/C10H16N2O2/c1-12-9(13)6-8(10(12)14)11-5-4-7-2-3-7/h7-8,11H,2-6H2,1H3. The number of nitrogens with zero attached hydrogens (tertiary/aromatic N) is 1. The number of hydrogen-bond donors (Lipinski definition) is 1. The Hall–Kier alpha value is -0.900. The number of amides is 2. The zero-order chi connectivity index (χ0) is 10.1. The van der Waals surface area contributed by atoms with Crippen molar-refractivity contribution in [3.63, 3.8) is 0 Å². The van der Waals surface area contributed by atoms with Gasteiger partial charge in [-0.05, 0) is 18.9 Å². The van der Waals surface area contributed by atoms with Crippen LogP contribution in [0, 0.1) is 5.92 Å². The number of nitrogens with one attached hydrogen (secondary N) is 1. The summed E-state index contributed by atoms with van der Waals surface area (Å²) in [6.45, 7) is 0.863. The third-order valence-electron chi connectivity index (χ3n) is 3.02. The Morgan fingerprint density at radius 1 is 1.43 bits per heavy atom. The summed E-state index contributed by atoms with van der Waals surface area (Å²) in [6.07, 6.45) is 4.14. The van der Waals surface area contributed by atoms with Crippen LogP contribution in [-0.2, 0) is 9.59 Å². The van der Waals surface area contributed by atoms with E-state index >= 15 is 0 Å². The molecule has 1 aliphatic carbocycles. The van der Waals surface area contributed by atoms with Gasteiger partial charge in [-0.25, -0.2) is 0 Å². The zero-order valence-electron chi connectivity index (χ0n) is 8.45. The van der Waals surface area contributed by atoms with Crippen molar-refractivity contribution in [3.8, 4) is 0 Å². The molecule has 1 unspecified atom stereocenters. The molecule has 2 aliphatic rings. The normalized spacial score (nSPS) is 27.5. The molecule has 1 aliphatic heterocycles. The number of rotatable bonds is 4. The number of likely N-dealkylation sites (N-methyl/N-ethyl adjacent to an activating group) is 1. The molecule has 0 aromatic rings. The first-order valence-corrected chi connectivity index (χ1v) is 5.22. The maximum Gasteiger partial charge on any atom is 0.246 e. The van der Waals surface area contributed by atoms with Gasteiger partial charge in [-0.15, -0.1) is 0 Å². The van der Waals surface area contributed by atoms with Crippen LogP contribution in [0.1, 0.15) is 25.7 Å². The second-order valence-electron chi connectivity index (χ2n) is 4.23. The molecule has 4 heteroatoms. The molecule has 0 spiro atoms. The highest BCUT2D eigenvalue weighted by Gasteiger charge is 2.35. The van der Waals surface area contributed by atoms with Gasteiger partial charge in [0.25, 0.3) is 0 Å². The average molecular weight is 196 g/mol. The van der Waals surface area contributed by atoms with Crippen LogP contribution in [0.15, 0.2) is 0 Å². The van der Waals surface area contributed by atoms with Gasteiger partial charge >= 0.3 is 0 Å². The summed E-state index contributed by atoms with van der Waals surface area (Å²) < 4.78 is 0. The molecule has 1 saturated heterocycles. The lowest BCUT2D eigenvalue weighted by Crippen LogP contribution is -2.37. The van der Waals surface area contributed by atoms with Crippen LogP contribution in [0.5, 0.6) is 0 Å². The van der Waals surface area contributed by atoms with Gasteiger partial charge in [0.1, 0.15) is 0 Å². The van der Waals surface area contributed by atoms with Gasteiger partial charge in [0, 0.05) is 7.05 Å². The van der Waals surface area contributed by atoms with E-state index in [0.29, 0.717) is 6.42 Å². The van der Waals surface area contributed by atoms with Crippen molar-refractivity contribution in [1.82, 2.24) is 10.2 Å². The smallest absolute Gasteiger partial charge is 0.246 e. The highest BCUT2D eigenvalue weighted by atomic mass is 16.2. The molecule has 0 bridgehead atoms. The lowest BCUT2D eigenvalue weighted by molar-refractivity contribution is -0.137. The number of carbonyl (C=O) groups is 2. The van der Waals surface area contributed by atoms with E-state index in [0.717, 1.165) is 18.9 Å². The zero-order valence-corrected chi connectivity index (χ0v) is 8.45. The molecule has 14 heavy (non-hydrogen) atoms. The van der Waals surface area contributed by atoms with Gasteiger partial charge in [0.2, 0.25) is 11.8 Å². The van der Waals surface area contributed by atoms with Gasteiger partial charge < -0.3 is 5.32 Å². The highest BCUT2D eigenvalue weighted by molar-refractivity contribution is 6.05. The van der Waals surface area contributed by atoms with E-state index in [-0.39, 0.29) is 17.9 Å². The van der Waals surface area contributed by atoms with Crippen LogP contribution in [0.25, 0.3) is 0 Å². The second-order valence-corrected chi connectivity index (χ2v) is 4.23. The highest BCUT2D eigenvalue weighted by Crippen LogP contribution is 2.31. The molecule has 1 N–H and O–H groups in total. The molecular formula is C10H16N2O2. The van der Waals surface area contributed by atoms with E-state index in [1.54, 1.807) is 7.05 Å². The van der Waals surface area contributed by atoms with Crippen molar-refractivity contribution in [2.45, 2.75) is 31.7 Å². The van der Waals surface area contributed by atoms with Crippen LogP contribution in [-0.4, -0.2) is 36.3 Å². The van der Waals surface area contributed by atoms with E-state index in [9.17, 15) is 9.59 Å². The van der Waals surface area contributed by atoms with E-state index in [2.05, 4.69) is 5.32 Å². The van der Waals surface area contributed by atoms with E-state index in [4.69, 9.17) is 0 Å². The van der Waals surface area contributed by atoms with Crippen molar-refractivity contribution in [2.75, 3.05) is 13.6 Å². The minimum absolute atomic E-state index is 0.0704. The van der Waals surface area contributed by atoms with Gasteiger partial charge in [-0.3, -0.25) is 14.5 Å². The molecule has 2 rings (SSSR count). The molecule has 2 amide bonds. The third-order valence-corrected chi connectivity index (χ3v) is 3.02. The van der Waals surface area contributed by atoms with Crippen molar-refractivity contribution >= 4 is 11.8 Å². The second kappa shape index (κ2) is 3.69. The van der Waals surface area contributed by atoms with E-state index in [1.807, 2.05) is 0 Å². The van der Waals surface area contributed by atoms with Crippen LogP contribution < -0.4 is 5.32 Å². The molecule has 78 valence electrons. The fourth-order valence-corrected chi connectivity index (χ4v) is 1.78. The maximum absolute atomic E-state index is 11.4. The van der Waals surface area contributed by atoms with Crippen LogP contribution in [0.3, 0.4) is 0 Å². The van der Waals surface area contributed by atoms with Crippen LogP contribution in [0.4, 0.5) is 0 Å². The molecule has 1 atom stereocenters. The fourth-order valence-electron chi connectivity index (χ4n) is 1.78. The fraction of sp³-hybridized carbons (Fsp3) is 0.800.